The molecule has 0 spiro atoms. The molecule has 0 radical (unpaired) electrons. The van der Waals surface area contributed by atoms with Crippen LogP contribution in [0.5, 0.6) is 0 Å². The third-order valence-corrected chi connectivity index (χ3v) is 4.21. The summed E-state index contributed by atoms with van der Waals surface area (Å²) >= 11 is 0. The molecule has 3 aromatic rings. The average Bonchev–Trinajstić information content (AvgIpc) is 3.27. The number of carbonyl (C=O) groups excluding carboxylic acids is 1. The molecule has 0 fully saturated rings. The second-order valence-electron chi connectivity index (χ2n) is 5.62. The highest BCUT2D eigenvalue weighted by molar-refractivity contribution is 5.92. The molecule has 9 heteroatoms. The summed E-state index contributed by atoms with van der Waals surface area (Å²) in [7, 11) is 0. The zero-order valence-corrected chi connectivity index (χ0v) is 13.1. The van der Waals surface area contributed by atoms with Crippen LogP contribution in [0.15, 0.2) is 37.4 Å². The molecule has 0 bridgehead atoms. The van der Waals surface area contributed by atoms with Crippen molar-refractivity contribution in [1.29, 1.82) is 0 Å². The van der Waals surface area contributed by atoms with Crippen LogP contribution in [-0.4, -0.2) is 51.6 Å². The Morgan fingerprint density at radius 2 is 2.12 bits per heavy atom. The van der Waals surface area contributed by atoms with Crippen LogP contribution in [0.1, 0.15) is 35.0 Å². The van der Waals surface area contributed by atoms with E-state index in [1.807, 2.05) is 13.1 Å². The van der Waals surface area contributed by atoms with Crippen molar-refractivity contribution in [1.82, 2.24) is 39.2 Å². The fraction of sp³-hybridized carbons (Fsp3) is 0.333. The molecule has 4 heterocycles. The molecule has 122 valence electrons. The number of hydrogen-bond donors (Lipinski definition) is 0. The van der Waals surface area contributed by atoms with Gasteiger partial charge in [0.1, 0.15) is 24.2 Å². The van der Waals surface area contributed by atoms with Crippen LogP contribution in [-0.2, 0) is 13.1 Å². The molecule has 24 heavy (non-hydrogen) atoms. The van der Waals surface area contributed by atoms with Gasteiger partial charge >= 0.3 is 0 Å². The van der Waals surface area contributed by atoms with E-state index in [4.69, 9.17) is 0 Å². The van der Waals surface area contributed by atoms with Crippen molar-refractivity contribution >= 4 is 5.91 Å². The van der Waals surface area contributed by atoms with Crippen molar-refractivity contribution in [2.45, 2.75) is 26.1 Å². The third kappa shape index (κ3) is 2.43. The third-order valence-electron chi connectivity index (χ3n) is 4.21. The van der Waals surface area contributed by atoms with E-state index in [0.29, 0.717) is 25.3 Å². The lowest BCUT2D eigenvalue weighted by molar-refractivity contribution is 0.0629. The zero-order chi connectivity index (χ0) is 16.5. The van der Waals surface area contributed by atoms with Crippen molar-refractivity contribution < 1.29 is 4.79 Å². The fourth-order valence-corrected chi connectivity index (χ4v) is 3.00. The van der Waals surface area contributed by atoms with Crippen molar-refractivity contribution in [2.24, 2.45) is 0 Å². The van der Waals surface area contributed by atoms with Gasteiger partial charge in [-0.2, -0.15) is 5.10 Å². The van der Waals surface area contributed by atoms with Crippen LogP contribution in [0.25, 0.3) is 0 Å². The predicted octanol–water partition coefficient (Wildman–Crippen LogP) is 0.530. The van der Waals surface area contributed by atoms with Crippen LogP contribution in [0.4, 0.5) is 0 Å². The number of hydrogen-bond acceptors (Lipinski definition) is 6. The largest absolute Gasteiger partial charge is 0.327 e. The van der Waals surface area contributed by atoms with Crippen LogP contribution in [0.3, 0.4) is 0 Å². The molecule has 0 aliphatic carbocycles. The highest BCUT2D eigenvalue weighted by Crippen LogP contribution is 2.26. The molecule has 0 aromatic carbocycles. The van der Waals surface area contributed by atoms with E-state index in [1.54, 1.807) is 22.1 Å². The van der Waals surface area contributed by atoms with Gasteiger partial charge in [0.25, 0.3) is 5.91 Å². The Morgan fingerprint density at radius 3 is 2.88 bits per heavy atom. The summed E-state index contributed by atoms with van der Waals surface area (Å²) in [5.74, 6) is 0.747. The number of nitrogens with zero attached hydrogens (tertiary/aromatic N) is 8. The highest BCUT2D eigenvalue weighted by atomic mass is 16.2. The minimum atomic E-state index is -0.127. The van der Waals surface area contributed by atoms with Gasteiger partial charge in [-0.25, -0.2) is 19.6 Å². The number of fused-ring (bicyclic) bond motifs is 1. The first-order valence-electron chi connectivity index (χ1n) is 7.67. The zero-order valence-electron chi connectivity index (χ0n) is 13.1. The number of carbonyl (C=O) groups is 1. The molecule has 1 amide bonds. The summed E-state index contributed by atoms with van der Waals surface area (Å²) in [6.07, 6.45) is 9.60. The van der Waals surface area contributed by atoms with Crippen LogP contribution >= 0.6 is 0 Å². The van der Waals surface area contributed by atoms with Crippen LogP contribution < -0.4 is 0 Å². The smallest absolute Gasteiger partial charge is 0.274 e. The summed E-state index contributed by atoms with van der Waals surface area (Å²) in [4.78, 5) is 31.0. The van der Waals surface area contributed by atoms with Gasteiger partial charge in [0.2, 0.25) is 0 Å². The minimum Gasteiger partial charge on any atom is -0.327 e. The normalized spacial score (nSPS) is 16.9. The molecule has 0 unspecified atom stereocenters. The molecule has 4 rings (SSSR count). The lowest BCUT2D eigenvalue weighted by Gasteiger charge is -2.34. The Labute approximate surface area is 138 Å². The first-order valence-corrected chi connectivity index (χ1v) is 7.67. The summed E-state index contributed by atoms with van der Waals surface area (Å²) in [6.45, 7) is 3.88. The van der Waals surface area contributed by atoms with E-state index < -0.39 is 0 Å². The van der Waals surface area contributed by atoms with Crippen molar-refractivity contribution in [2.75, 3.05) is 6.54 Å². The van der Waals surface area contributed by atoms with Crippen LogP contribution in [0.2, 0.25) is 0 Å². The predicted molar refractivity (Wildman–Crippen MR) is 82.8 cm³/mol. The van der Waals surface area contributed by atoms with E-state index in [1.165, 1.54) is 18.7 Å². The second kappa shape index (κ2) is 5.84. The van der Waals surface area contributed by atoms with E-state index in [9.17, 15) is 4.79 Å². The summed E-state index contributed by atoms with van der Waals surface area (Å²) in [5.41, 5.74) is 1.40. The van der Waals surface area contributed by atoms with Gasteiger partial charge in [-0.15, -0.1) is 0 Å². The van der Waals surface area contributed by atoms with Gasteiger partial charge in [-0.1, -0.05) is 0 Å². The summed E-state index contributed by atoms with van der Waals surface area (Å²) in [6, 6.07) is -0.127. The van der Waals surface area contributed by atoms with Crippen molar-refractivity contribution in [3.05, 3.63) is 54.7 Å². The molecule has 0 saturated heterocycles. The highest BCUT2D eigenvalue weighted by Gasteiger charge is 2.31. The van der Waals surface area contributed by atoms with Gasteiger partial charge in [-0.3, -0.25) is 9.78 Å². The first kappa shape index (κ1) is 14.5. The van der Waals surface area contributed by atoms with Gasteiger partial charge in [0.05, 0.1) is 30.7 Å². The molecule has 1 atom stereocenters. The lowest BCUT2D eigenvalue weighted by atomic mass is 10.2. The van der Waals surface area contributed by atoms with E-state index in [2.05, 4.69) is 29.6 Å². The number of aromatic nitrogens is 7. The molecular weight excluding hydrogens is 308 g/mol. The SMILES string of the molecule is C[C@@H]1c2ncc(Cn3cncn3)n2CCN1C(=O)c1cnccn1. The Kier molecular flexibility index (Phi) is 3.52. The average molecular weight is 324 g/mol. The Bertz CT molecular complexity index is 842. The molecule has 1 aliphatic rings. The lowest BCUT2D eigenvalue weighted by Crippen LogP contribution is -2.42. The second-order valence-corrected chi connectivity index (χ2v) is 5.62. The Hall–Kier alpha value is -3.10. The standard InChI is InChI=1S/C15H16N8O/c1-11-14-19-6-12(8-21-10-17-9-20-21)23(14)5-4-22(11)15(24)13-7-16-2-3-18-13/h2-3,6-7,9-11H,4-5,8H2,1H3/t11-/m1/s1. The maximum absolute atomic E-state index is 12.6. The summed E-state index contributed by atoms with van der Waals surface area (Å²) < 4.78 is 3.90. The number of rotatable bonds is 3. The summed E-state index contributed by atoms with van der Waals surface area (Å²) in [5, 5.41) is 4.13. The maximum atomic E-state index is 12.6. The number of amides is 1. The molecule has 0 saturated carbocycles. The van der Waals surface area contributed by atoms with E-state index in [-0.39, 0.29) is 11.9 Å². The number of imidazole rings is 1. The molecule has 9 nitrogen and oxygen atoms in total. The van der Waals surface area contributed by atoms with Gasteiger partial charge in [-0.05, 0) is 6.92 Å². The van der Waals surface area contributed by atoms with Gasteiger partial charge in [0.15, 0.2) is 0 Å². The van der Waals surface area contributed by atoms with E-state index >= 15 is 0 Å². The maximum Gasteiger partial charge on any atom is 0.274 e. The minimum absolute atomic E-state index is 0.123. The fourth-order valence-electron chi connectivity index (χ4n) is 3.00. The van der Waals surface area contributed by atoms with Crippen LogP contribution in [0, 0.1) is 0 Å². The van der Waals surface area contributed by atoms with Crippen molar-refractivity contribution in [3.63, 3.8) is 0 Å². The molecular formula is C15H16N8O. The van der Waals surface area contributed by atoms with E-state index in [0.717, 1.165) is 11.5 Å². The van der Waals surface area contributed by atoms with Crippen molar-refractivity contribution in [3.8, 4) is 0 Å². The van der Waals surface area contributed by atoms with Gasteiger partial charge in [0, 0.05) is 25.5 Å². The monoisotopic (exact) mass is 324 g/mol. The molecule has 0 N–H and O–H groups in total. The topological polar surface area (TPSA) is 94.6 Å². The quantitative estimate of drug-likeness (QED) is 0.697. The molecule has 3 aromatic heterocycles. The van der Waals surface area contributed by atoms with Gasteiger partial charge < -0.3 is 9.47 Å². The Morgan fingerprint density at radius 1 is 1.21 bits per heavy atom. The first-order chi connectivity index (χ1) is 11.7. The Balaban J connectivity index is 1.58. The molecule has 1 aliphatic heterocycles.